The molecule has 0 saturated carbocycles. The summed E-state index contributed by atoms with van der Waals surface area (Å²) in [6.07, 6.45) is 3.80. The SMILES string of the molecule is O=C(Cc1csc(COc2ccccc2)n1)N1CCN(c2ncccn2)CC1. The van der Waals surface area contributed by atoms with E-state index < -0.39 is 0 Å². The summed E-state index contributed by atoms with van der Waals surface area (Å²) in [5.41, 5.74) is 0.801. The number of hydrogen-bond acceptors (Lipinski definition) is 7. The van der Waals surface area contributed by atoms with Gasteiger partial charge in [0.25, 0.3) is 0 Å². The van der Waals surface area contributed by atoms with Crippen molar-refractivity contribution in [2.45, 2.75) is 13.0 Å². The van der Waals surface area contributed by atoms with Crippen molar-refractivity contribution in [1.29, 1.82) is 0 Å². The molecule has 8 heteroatoms. The van der Waals surface area contributed by atoms with Gasteiger partial charge in [-0.2, -0.15) is 0 Å². The molecule has 1 saturated heterocycles. The van der Waals surface area contributed by atoms with Gasteiger partial charge in [-0.3, -0.25) is 4.79 Å². The van der Waals surface area contributed by atoms with Crippen molar-refractivity contribution in [2.24, 2.45) is 0 Å². The number of piperazine rings is 1. The number of para-hydroxylation sites is 1. The molecule has 0 unspecified atom stereocenters. The number of amides is 1. The zero-order valence-corrected chi connectivity index (χ0v) is 16.2. The number of thiazole rings is 1. The molecule has 0 aliphatic carbocycles. The number of benzene rings is 1. The van der Waals surface area contributed by atoms with E-state index in [1.165, 1.54) is 11.3 Å². The third kappa shape index (κ3) is 4.64. The monoisotopic (exact) mass is 395 g/mol. The zero-order chi connectivity index (χ0) is 19.2. The van der Waals surface area contributed by atoms with Crippen LogP contribution in [0.3, 0.4) is 0 Å². The molecule has 1 amide bonds. The van der Waals surface area contributed by atoms with Crippen molar-refractivity contribution < 1.29 is 9.53 Å². The molecule has 1 aliphatic rings. The van der Waals surface area contributed by atoms with Gasteiger partial charge in [0.15, 0.2) is 0 Å². The molecule has 0 radical (unpaired) electrons. The van der Waals surface area contributed by atoms with E-state index >= 15 is 0 Å². The first-order chi connectivity index (χ1) is 13.8. The quantitative estimate of drug-likeness (QED) is 0.638. The van der Waals surface area contributed by atoms with Crippen LogP contribution in [0.5, 0.6) is 5.75 Å². The lowest BCUT2D eigenvalue weighted by atomic mass is 10.2. The van der Waals surface area contributed by atoms with Crippen molar-refractivity contribution in [1.82, 2.24) is 19.9 Å². The zero-order valence-electron chi connectivity index (χ0n) is 15.4. The summed E-state index contributed by atoms with van der Waals surface area (Å²) >= 11 is 1.52. The lowest BCUT2D eigenvalue weighted by Crippen LogP contribution is -2.49. The van der Waals surface area contributed by atoms with Crippen molar-refractivity contribution in [3.8, 4) is 5.75 Å². The van der Waals surface area contributed by atoms with E-state index in [2.05, 4.69) is 19.9 Å². The third-order valence-electron chi connectivity index (χ3n) is 4.50. The first-order valence-electron chi connectivity index (χ1n) is 9.19. The second-order valence-electron chi connectivity index (χ2n) is 6.43. The predicted molar refractivity (Wildman–Crippen MR) is 107 cm³/mol. The molecular weight excluding hydrogens is 374 g/mol. The smallest absolute Gasteiger partial charge is 0.228 e. The molecule has 7 nitrogen and oxygen atoms in total. The van der Waals surface area contributed by atoms with Gasteiger partial charge in [-0.15, -0.1) is 11.3 Å². The van der Waals surface area contributed by atoms with Gasteiger partial charge in [-0.05, 0) is 18.2 Å². The van der Waals surface area contributed by atoms with Crippen LogP contribution in [0, 0.1) is 0 Å². The van der Waals surface area contributed by atoms with E-state index in [-0.39, 0.29) is 5.91 Å². The molecule has 1 fully saturated rings. The molecule has 0 spiro atoms. The second-order valence-corrected chi connectivity index (χ2v) is 7.37. The van der Waals surface area contributed by atoms with Crippen LogP contribution in [0.15, 0.2) is 54.2 Å². The number of carbonyl (C=O) groups is 1. The molecule has 1 aromatic carbocycles. The summed E-state index contributed by atoms with van der Waals surface area (Å²) in [5.74, 6) is 1.64. The second kappa shape index (κ2) is 8.79. The maximum atomic E-state index is 12.6. The average molecular weight is 395 g/mol. The number of anilines is 1. The van der Waals surface area contributed by atoms with E-state index in [4.69, 9.17) is 4.74 Å². The molecule has 28 heavy (non-hydrogen) atoms. The molecule has 4 rings (SSSR count). The number of carbonyl (C=O) groups excluding carboxylic acids is 1. The Morgan fingerprint density at radius 2 is 1.79 bits per heavy atom. The molecule has 0 N–H and O–H groups in total. The van der Waals surface area contributed by atoms with Gasteiger partial charge in [0.2, 0.25) is 11.9 Å². The number of hydrogen-bond donors (Lipinski definition) is 0. The standard InChI is InChI=1S/C20H21N5O2S/c26-19(24-9-11-25(12-10-24)20-21-7-4-8-22-20)13-16-15-28-18(23-16)14-27-17-5-2-1-3-6-17/h1-8,15H,9-14H2. The summed E-state index contributed by atoms with van der Waals surface area (Å²) in [6, 6.07) is 11.5. The molecule has 1 aliphatic heterocycles. The van der Waals surface area contributed by atoms with Crippen LogP contribution in [0.25, 0.3) is 0 Å². The maximum absolute atomic E-state index is 12.6. The highest BCUT2D eigenvalue weighted by Gasteiger charge is 2.23. The van der Waals surface area contributed by atoms with Gasteiger partial charge in [-0.1, -0.05) is 18.2 Å². The lowest BCUT2D eigenvalue weighted by Gasteiger charge is -2.34. The van der Waals surface area contributed by atoms with Crippen LogP contribution < -0.4 is 9.64 Å². The Labute approximate surface area is 167 Å². The minimum absolute atomic E-state index is 0.106. The fraction of sp³-hybridized carbons (Fsp3) is 0.300. The Morgan fingerprint density at radius 1 is 1.04 bits per heavy atom. The molecular formula is C20H21N5O2S. The van der Waals surface area contributed by atoms with Gasteiger partial charge in [0.05, 0.1) is 12.1 Å². The molecule has 3 aromatic rings. The van der Waals surface area contributed by atoms with Gasteiger partial charge in [-0.25, -0.2) is 15.0 Å². The number of ether oxygens (including phenoxy) is 1. The summed E-state index contributed by atoms with van der Waals surface area (Å²) < 4.78 is 5.72. The van der Waals surface area contributed by atoms with E-state index in [1.807, 2.05) is 40.6 Å². The molecule has 0 bridgehead atoms. The topological polar surface area (TPSA) is 71.5 Å². The van der Waals surface area contributed by atoms with Gasteiger partial charge >= 0.3 is 0 Å². The first kappa shape index (κ1) is 18.4. The predicted octanol–water partition coefficient (Wildman–Crippen LogP) is 2.40. The Bertz CT molecular complexity index is 895. The first-order valence-corrected chi connectivity index (χ1v) is 10.1. The normalized spacial score (nSPS) is 14.1. The van der Waals surface area contributed by atoms with E-state index in [0.29, 0.717) is 26.1 Å². The van der Waals surface area contributed by atoms with E-state index in [0.717, 1.165) is 35.5 Å². The van der Waals surface area contributed by atoms with Gasteiger partial charge in [0, 0.05) is 44.0 Å². The third-order valence-corrected chi connectivity index (χ3v) is 5.38. The van der Waals surface area contributed by atoms with Gasteiger partial charge < -0.3 is 14.5 Å². The summed E-state index contributed by atoms with van der Waals surface area (Å²) in [7, 11) is 0. The van der Waals surface area contributed by atoms with E-state index in [1.54, 1.807) is 18.5 Å². The van der Waals surface area contributed by atoms with Gasteiger partial charge in [0.1, 0.15) is 17.4 Å². The Morgan fingerprint density at radius 3 is 2.54 bits per heavy atom. The maximum Gasteiger partial charge on any atom is 0.228 e. The summed E-state index contributed by atoms with van der Waals surface area (Å²) in [6.45, 7) is 3.24. The summed E-state index contributed by atoms with van der Waals surface area (Å²) in [5, 5.41) is 2.81. The Balaban J connectivity index is 1.26. The van der Waals surface area contributed by atoms with E-state index in [9.17, 15) is 4.79 Å². The van der Waals surface area contributed by atoms with Crippen molar-refractivity contribution in [2.75, 3.05) is 31.1 Å². The van der Waals surface area contributed by atoms with Crippen molar-refractivity contribution in [3.05, 3.63) is 64.9 Å². The number of nitrogens with zero attached hydrogens (tertiary/aromatic N) is 5. The Kier molecular flexibility index (Phi) is 5.77. The highest BCUT2D eigenvalue weighted by atomic mass is 32.1. The van der Waals surface area contributed by atoms with Crippen LogP contribution in [0.4, 0.5) is 5.95 Å². The van der Waals surface area contributed by atoms with Crippen molar-refractivity contribution >= 4 is 23.2 Å². The van der Waals surface area contributed by atoms with Crippen LogP contribution in [0.1, 0.15) is 10.7 Å². The average Bonchev–Trinajstić information content (AvgIpc) is 3.21. The number of aromatic nitrogens is 3. The van der Waals surface area contributed by atoms with Crippen LogP contribution in [-0.4, -0.2) is 51.9 Å². The van der Waals surface area contributed by atoms with Crippen molar-refractivity contribution in [3.63, 3.8) is 0 Å². The largest absolute Gasteiger partial charge is 0.486 e. The fourth-order valence-corrected chi connectivity index (χ4v) is 3.74. The highest BCUT2D eigenvalue weighted by molar-refractivity contribution is 7.09. The molecule has 3 heterocycles. The molecule has 0 atom stereocenters. The van der Waals surface area contributed by atoms with Crippen LogP contribution in [0.2, 0.25) is 0 Å². The minimum atomic E-state index is 0.106. The highest BCUT2D eigenvalue weighted by Crippen LogP contribution is 2.16. The minimum Gasteiger partial charge on any atom is -0.486 e. The molecule has 2 aromatic heterocycles. The fourth-order valence-electron chi connectivity index (χ4n) is 3.04. The Hall–Kier alpha value is -3.00. The summed E-state index contributed by atoms with van der Waals surface area (Å²) in [4.78, 5) is 29.7. The van der Waals surface area contributed by atoms with Crippen LogP contribution >= 0.6 is 11.3 Å². The van der Waals surface area contributed by atoms with Crippen LogP contribution in [-0.2, 0) is 17.8 Å². The molecule has 144 valence electrons. The number of rotatable bonds is 6. The lowest BCUT2D eigenvalue weighted by molar-refractivity contribution is -0.130.